The van der Waals surface area contributed by atoms with Crippen LogP contribution < -0.4 is 10.0 Å². The lowest BCUT2D eigenvalue weighted by atomic mass is 10.1. The third-order valence-corrected chi connectivity index (χ3v) is 4.72. The van der Waals surface area contributed by atoms with Gasteiger partial charge in [-0.25, -0.2) is 8.42 Å². The zero-order valence-electron chi connectivity index (χ0n) is 10.9. The van der Waals surface area contributed by atoms with Crippen molar-refractivity contribution in [1.29, 1.82) is 5.41 Å². The highest BCUT2D eigenvalue weighted by atomic mass is 32.2. The van der Waals surface area contributed by atoms with E-state index in [0.29, 0.717) is 11.3 Å². The molecule has 5 nitrogen and oxygen atoms in total. The van der Waals surface area contributed by atoms with Gasteiger partial charge in [-0.05, 0) is 24.3 Å². The molecule has 0 atom stereocenters. The third kappa shape index (κ3) is 2.50. The molecule has 0 unspecified atom stereocenters. The lowest BCUT2D eigenvalue weighted by molar-refractivity contribution is 0.594. The van der Waals surface area contributed by atoms with Crippen molar-refractivity contribution in [3.63, 3.8) is 0 Å². The van der Waals surface area contributed by atoms with E-state index >= 15 is 0 Å². The van der Waals surface area contributed by atoms with E-state index in [0.717, 1.165) is 4.31 Å². The van der Waals surface area contributed by atoms with E-state index in [1.165, 1.54) is 19.2 Å². The molecular weight excluding hydrogens is 274 g/mol. The number of hydrogen-bond acceptors (Lipinski definition) is 3. The number of nitrogens with two attached hydrogens (primary N) is 1. The second-order valence-electron chi connectivity index (χ2n) is 4.22. The second-order valence-corrected chi connectivity index (χ2v) is 6.19. The van der Waals surface area contributed by atoms with Gasteiger partial charge in [0.2, 0.25) is 0 Å². The van der Waals surface area contributed by atoms with E-state index < -0.39 is 10.0 Å². The van der Waals surface area contributed by atoms with Crippen molar-refractivity contribution in [2.45, 2.75) is 4.90 Å². The van der Waals surface area contributed by atoms with Crippen molar-refractivity contribution in [3.05, 3.63) is 60.2 Å². The molecule has 0 bridgehead atoms. The number of rotatable bonds is 4. The van der Waals surface area contributed by atoms with Crippen LogP contribution in [-0.2, 0) is 10.0 Å². The molecule has 104 valence electrons. The van der Waals surface area contributed by atoms with Crippen LogP contribution in [0.25, 0.3) is 0 Å². The number of para-hydroxylation sites is 1. The van der Waals surface area contributed by atoms with Crippen LogP contribution >= 0.6 is 0 Å². The summed E-state index contributed by atoms with van der Waals surface area (Å²) in [6, 6.07) is 14.8. The zero-order chi connectivity index (χ0) is 14.8. The number of benzene rings is 2. The molecule has 0 spiro atoms. The van der Waals surface area contributed by atoms with Gasteiger partial charge in [-0.1, -0.05) is 30.3 Å². The molecule has 0 amide bonds. The number of nitrogens with one attached hydrogen (secondary N) is 1. The first-order valence-electron chi connectivity index (χ1n) is 5.92. The standard InChI is InChI=1S/C14H15N3O2S/c1-17(13-10-6-5-9-12(13)14(15)16)20(18,19)11-7-3-2-4-8-11/h2-10H,1H3,(H3,15,16). The summed E-state index contributed by atoms with van der Waals surface area (Å²) < 4.78 is 26.2. The molecule has 0 radical (unpaired) electrons. The van der Waals surface area contributed by atoms with E-state index in [-0.39, 0.29) is 10.7 Å². The maximum absolute atomic E-state index is 12.5. The van der Waals surface area contributed by atoms with Crippen LogP contribution in [0.5, 0.6) is 0 Å². The van der Waals surface area contributed by atoms with Crippen molar-refractivity contribution >= 4 is 21.5 Å². The smallest absolute Gasteiger partial charge is 0.264 e. The minimum absolute atomic E-state index is 0.171. The fourth-order valence-corrected chi connectivity index (χ4v) is 3.09. The first-order valence-corrected chi connectivity index (χ1v) is 7.36. The van der Waals surface area contributed by atoms with Gasteiger partial charge in [0.1, 0.15) is 5.84 Å². The fraction of sp³-hybridized carbons (Fsp3) is 0.0714. The Morgan fingerprint density at radius 3 is 2.20 bits per heavy atom. The van der Waals surface area contributed by atoms with Gasteiger partial charge in [-0.2, -0.15) is 0 Å². The minimum Gasteiger partial charge on any atom is -0.384 e. The Labute approximate surface area is 118 Å². The molecule has 2 aromatic rings. The number of nitrogens with zero attached hydrogens (tertiary/aromatic N) is 1. The highest BCUT2D eigenvalue weighted by molar-refractivity contribution is 7.92. The summed E-state index contributed by atoms with van der Waals surface area (Å²) in [6.45, 7) is 0. The SMILES string of the molecule is CN(c1ccccc1C(=N)N)S(=O)(=O)c1ccccc1. The van der Waals surface area contributed by atoms with Crippen LogP contribution in [0.2, 0.25) is 0 Å². The van der Waals surface area contributed by atoms with Crippen molar-refractivity contribution < 1.29 is 8.42 Å². The lowest BCUT2D eigenvalue weighted by Gasteiger charge is -2.21. The molecule has 0 aromatic heterocycles. The minimum atomic E-state index is -3.67. The maximum atomic E-state index is 12.5. The molecule has 0 aliphatic carbocycles. The fourth-order valence-electron chi connectivity index (χ4n) is 1.86. The van der Waals surface area contributed by atoms with E-state index in [4.69, 9.17) is 11.1 Å². The molecule has 20 heavy (non-hydrogen) atoms. The van der Waals surface area contributed by atoms with Gasteiger partial charge in [0.25, 0.3) is 10.0 Å². The Kier molecular flexibility index (Phi) is 3.76. The molecule has 2 aromatic carbocycles. The van der Waals surface area contributed by atoms with Crippen LogP contribution in [0.4, 0.5) is 5.69 Å². The number of amidine groups is 1. The van der Waals surface area contributed by atoms with Crippen molar-refractivity contribution in [1.82, 2.24) is 0 Å². The molecule has 0 saturated carbocycles. The summed E-state index contributed by atoms with van der Waals surface area (Å²) in [5, 5.41) is 7.53. The first kappa shape index (κ1) is 14.1. The molecule has 6 heteroatoms. The zero-order valence-corrected chi connectivity index (χ0v) is 11.8. The van der Waals surface area contributed by atoms with Gasteiger partial charge >= 0.3 is 0 Å². The Morgan fingerprint density at radius 2 is 1.60 bits per heavy atom. The molecule has 0 aliphatic rings. The molecule has 2 rings (SSSR count). The molecule has 0 heterocycles. The molecule has 0 fully saturated rings. The highest BCUT2D eigenvalue weighted by Gasteiger charge is 2.23. The monoisotopic (exact) mass is 289 g/mol. The Balaban J connectivity index is 2.52. The van der Waals surface area contributed by atoms with E-state index in [1.54, 1.807) is 42.5 Å². The summed E-state index contributed by atoms with van der Waals surface area (Å²) in [4.78, 5) is 0.195. The third-order valence-electron chi connectivity index (χ3n) is 2.94. The van der Waals surface area contributed by atoms with E-state index in [9.17, 15) is 8.42 Å². The van der Waals surface area contributed by atoms with Crippen molar-refractivity contribution in [2.75, 3.05) is 11.4 Å². The predicted molar refractivity (Wildman–Crippen MR) is 79.5 cm³/mol. The molecule has 0 saturated heterocycles. The number of sulfonamides is 1. The van der Waals surface area contributed by atoms with Crippen LogP contribution in [0.3, 0.4) is 0 Å². The first-order chi connectivity index (χ1) is 9.44. The lowest BCUT2D eigenvalue weighted by Crippen LogP contribution is -2.29. The van der Waals surface area contributed by atoms with E-state index in [2.05, 4.69) is 0 Å². The second kappa shape index (κ2) is 5.34. The largest absolute Gasteiger partial charge is 0.384 e. The van der Waals surface area contributed by atoms with Crippen LogP contribution in [0, 0.1) is 5.41 Å². The van der Waals surface area contributed by atoms with Gasteiger partial charge < -0.3 is 5.73 Å². The number of hydrogen-bond donors (Lipinski definition) is 2. The van der Waals surface area contributed by atoms with Gasteiger partial charge in [0, 0.05) is 12.6 Å². The number of anilines is 1. The Bertz CT molecular complexity index is 727. The summed E-state index contributed by atoms with van der Waals surface area (Å²) in [5.74, 6) is -0.171. The molecular formula is C14H15N3O2S. The summed E-state index contributed by atoms with van der Waals surface area (Å²) in [7, 11) is -2.22. The Hall–Kier alpha value is -2.34. The summed E-state index contributed by atoms with van der Waals surface area (Å²) >= 11 is 0. The van der Waals surface area contributed by atoms with Gasteiger partial charge in [0.15, 0.2) is 0 Å². The quantitative estimate of drug-likeness (QED) is 0.664. The molecule has 0 aliphatic heterocycles. The van der Waals surface area contributed by atoms with Crippen LogP contribution in [0.15, 0.2) is 59.5 Å². The normalized spacial score (nSPS) is 11.1. The maximum Gasteiger partial charge on any atom is 0.264 e. The Morgan fingerprint density at radius 1 is 1.05 bits per heavy atom. The van der Waals surface area contributed by atoms with Gasteiger partial charge in [-0.15, -0.1) is 0 Å². The van der Waals surface area contributed by atoms with Crippen molar-refractivity contribution in [3.8, 4) is 0 Å². The topological polar surface area (TPSA) is 87.2 Å². The number of nitrogen functional groups attached to an aromatic ring is 1. The summed E-state index contributed by atoms with van der Waals surface area (Å²) in [5.41, 5.74) is 6.26. The van der Waals surface area contributed by atoms with Crippen molar-refractivity contribution in [2.24, 2.45) is 5.73 Å². The van der Waals surface area contributed by atoms with Crippen LogP contribution in [0.1, 0.15) is 5.56 Å². The van der Waals surface area contributed by atoms with Crippen LogP contribution in [-0.4, -0.2) is 21.3 Å². The average Bonchev–Trinajstić information content (AvgIpc) is 2.47. The van der Waals surface area contributed by atoms with Gasteiger partial charge in [0.05, 0.1) is 10.6 Å². The highest BCUT2D eigenvalue weighted by Crippen LogP contribution is 2.25. The average molecular weight is 289 g/mol. The molecule has 3 N–H and O–H groups in total. The van der Waals surface area contributed by atoms with E-state index in [1.807, 2.05) is 0 Å². The van der Waals surface area contributed by atoms with Gasteiger partial charge in [-0.3, -0.25) is 9.71 Å². The predicted octanol–water partition coefficient (Wildman–Crippen LogP) is 1.80. The summed E-state index contributed by atoms with van der Waals surface area (Å²) in [6.07, 6.45) is 0.